The van der Waals surface area contributed by atoms with Gasteiger partial charge in [0.2, 0.25) is 17.8 Å². The summed E-state index contributed by atoms with van der Waals surface area (Å²) in [6.07, 6.45) is 25.9. The summed E-state index contributed by atoms with van der Waals surface area (Å²) in [5, 5.41) is 46.5. The minimum absolute atomic E-state index is 0. The second-order valence-corrected chi connectivity index (χ2v) is 18.1. The van der Waals surface area contributed by atoms with Gasteiger partial charge in [0.25, 0.3) is 0 Å². The SMILES string of the molecule is CCCc1coc(-n2[c-]ncn2)n1.CCc1cn(-c2ccccc2)c(-n2nccc2O)n1.CCc1nc(-n2[c-]c3ccccc3n2)n(C)n1.CCc1nc(-n2[c-]ccn2)n(-c2ccccc2)c1C.N#CCc1csc(-n2[c-]ncn2)n1.[Ir].[Ir].[Ir].[Ir].[Rh]. The predicted molar refractivity (Wildman–Crippen MR) is 299 cm³/mol. The average molecular weight is 1970 g/mol. The summed E-state index contributed by atoms with van der Waals surface area (Å²) in [4.78, 5) is 29.3. The molecule has 24 nitrogen and oxygen atoms in total. The van der Waals surface area contributed by atoms with Crippen molar-refractivity contribution in [3.63, 3.8) is 0 Å². The molecule has 13 aromatic rings. The van der Waals surface area contributed by atoms with E-state index >= 15 is 0 Å². The second-order valence-electron chi connectivity index (χ2n) is 17.3. The Balaban J connectivity index is 0.000000229. The number of oxazole rings is 1. The largest absolute Gasteiger partial charge is 0.493 e. The number of aromatic nitrogens is 21. The number of aromatic hydroxyl groups is 1. The summed E-state index contributed by atoms with van der Waals surface area (Å²) >= 11 is 1.41. The molecule has 0 spiro atoms. The number of para-hydroxylation sites is 2. The summed E-state index contributed by atoms with van der Waals surface area (Å²) in [6, 6.07) is 33.7. The summed E-state index contributed by atoms with van der Waals surface area (Å²) in [6.45, 7) is 10.4. The Bertz CT molecular complexity index is 4000. The summed E-state index contributed by atoms with van der Waals surface area (Å²) in [5.41, 5.74) is 7.86. The zero-order valence-corrected chi connectivity index (χ0v) is 58.8. The first-order valence-electron chi connectivity index (χ1n) is 25.7. The van der Waals surface area contributed by atoms with E-state index in [1.165, 1.54) is 44.1 Å². The van der Waals surface area contributed by atoms with Crippen molar-refractivity contribution in [3.05, 3.63) is 199 Å². The molecule has 0 amide bonds. The predicted octanol–water partition coefficient (Wildman–Crippen LogP) is 8.16. The zero-order valence-electron chi connectivity index (χ0n) is 46.8. The molecule has 5 radical (unpaired) electrons. The van der Waals surface area contributed by atoms with Crippen LogP contribution in [-0.2, 0) is 139 Å². The average Bonchev–Trinajstić information content (AvgIpc) is 4.49. The molecule has 3 aromatic carbocycles. The Morgan fingerprint density at radius 3 is 1.95 bits per heavy atom. The number of thiazole rings is 1. The molecule has 0 aliphatic rings. The second kappa shape index (κ2) is 35.4. The molecule has 455 valence electrons. The van der Waals surface area contributed by atoms with Crippen molar-refractivity contribution in [2.24, 2.45) is 7.05 Å². The normalized spacial score (nSPS) is 10.1. The smallest absolute Gasteiger partial charge is 0.238 e. The Morgan fingerprint density at radius 1 is 0.663 bits per heavy atom. The molecule has 0 atom stereocenters. The van der Waals surface area contributed by atoms with Gasteiger partial charge in [-0.05, 0) is 56.6 Å². The van der Waals surface area contributed by atoms with Gasteiger partial charge in [-0.25, -0.2) is 25.3 Å². The van der Waals surface area contributed by atoms with E-state index in [1.54, 1.807) is 38.8 Å². The third kappa shape index (κ3) is 17.9. The monoisotopic (exact) mass is 1970 g/mol. The number of hydrogen-bond donors (Lipinski definition) is 1. The van der Waals surface area contributed by atoms with E-state index in [0.717, 1.165) is 94.6 Å². The van der Waals surface area contributed by atoms with Crippen LogP contribution in [0.2, 0.25) is 0 Å². The van der Waals surface area contributed by atoms with Crippen LogP contribution in [0, 0.1) is 43.3 Å². The van der Waals surface area contributed by atoms with Crippen LogP contribution in [0.25, 0.3) is 51.3 Å². The van der Waals surface area contributed by atoms with E-state index in [1.807, 2.05) is 116 Å². The van der Waals surface area contributed by atoms with Crippen molar-refractivity contribution in [1.82, 2.24) is 103 Å². The van der Waals surface area contributed by atoms with E-state index in [2.05, 4.69) is 128 Å². The van der Waals surface area contributed by atoms with Crippen molar-refractivity contribution in [3.8, 4) is 52.3 Å². The molecule has 0 saturated heterocycles. The van der Waals surface area contributed by atoms with Crippen LogP contribution in [0.1, 0.15) is 68.4 Å². The number of benzene rings is 3. The molecule has 0 aliphatic carbocycles. The Hall–Kier alpha value is -7.26. The molecule has 10 aromatic heterocycles. The first-order valence-corrected chi connectivity index (χ1v) is 26.6. The number of rotatable bonds is 13. The van der Waals surface area contributed by atoms with Crippen molar-refractivity contribution in [2.45, 2.75) is 73.1 Å². The van der Waals surface area contributed by atoms with Crippen molar-refractivity contribution in [2.75, 3.05) is 0 Å². The minimum Gasteiger partial charge on any atom is -0.493 e. The van der Waals surface area contributed by atoms with E-state index in [4.69, 9.17) is 9.68 Å². The summed E-state index contributed by atoms with van der Waals surface area (Å²) in [7, 11) is 1.86. The fraction of sp³-hybridized carbons (Fsp3) is 0.214. The first-order chi connectivity index (χ1) is 39.7. The van der Waals surface area contributed by atoms with Crippen LogP contribution in [-0.4, -0.2) is 108 Å². The fourth-order valence-electron chi connectivity index (χ4n) is 7.84. The molecule has 13 rings (SSSR count). The molecule has 10 heterocycles. The quantitative estimate of drug-likeness (QED) is 0.0843. The van der Waals surface area contributed by atoms with Gasteiger partial charge in [-0.3, -0.25) is 38.7 Å². The van der Waals surface area contributed by atoms with Crippen LogP contribution in [0.5, 0.6) is 5.88 Å². The third-order valence-electron chi connectivity index (χ3n) is 11.7. The van der Waals surface area contributed by atoms with Gasteiger partial charge < -0.3 is 33.4 Å². The molecule has 1 N–H and O–H groups in total. The van der Waals surface area contributed by atoms with Crippen LogP contribution in [0.4, 0.5) is 0 Å². The Kier molecular flexibility index (Phi) is 29.3. The molecular weight excluding hydrogens is 1920 g/mol. The molecule has 0 fully saturated rings. The minimum atomic E-state index is 0. The van der Waals surface area contributed by atoms with Crippen LogP contribution >= 0.6 is 11.3 Å². The van der Waals surface area contributed by atoms with Gasteiger partial charge in [-0.2, -0.15) is 31.5 Å². The van der Waals surface area contributed by atoms with Crippen LogP contribution in [0.15, 0.2) is 144 Å². The molecule has 30 heteroatoms. The molecule has 86 heavy (non-hydrogen) atoms. The van der Waals surface area contributed by atoms with Gasteiger partial charge in [0.1, 0.15) is 16.9 Å². The standard InChI is InChI=1S/C15H15N4.C14H14N4O.C12H12N5.C8H9N4O.C7H4N5S.4Ir.Rh/c1-3-14-12(2)19(13-8-5-4-6-9-13)15(17-14)18-11-7-10-16-18;1-2-11-10-17(12-6-4-3-5-7-12)14(16-11)18-13(19)8-9-15-18;1-3-11-13-12(16(2)15-11)17-8-9-6-4-5-7-10(9)14-17;1-2-3-7-4-13-8(11-7)12-6-9-5-10-12;8-2-1-6-3-13-7(11-6)12-5-9-4-10-12;;;;;/h4-10H,3H2,1-2H3;3-10,19H,2H2,1H3;4-7H,3H2,1-2H3;4-5H,2-3H2,1H3;3-4H,1H2;;;;;/q-1;;3*-1;;;;;. The number of hydrogen-bond acceptors (Lipinski definition) is 17. The maximum Gasteiger partial charge on any atom is 0.238 e. The van der Waals surface area contributed by atoms with Gasteiger partial charge in [0.15, 0.2) is 5.95 Å². The number of aryl methyl sites for hydroxylation is 5. The van der Waals surface area contributed by atoms with Crippen LogP contribution in [0.3, 0.4) is 0 Å². The molecule has 0 aliphatic heterocycles. The molecule has 0 bridgehead atoms. The van der Waals surface area contributed by atoms with E-state index < -0.39 is 0 Å². The van der Waals surface area contributed by atoms with Crippen molar-refractivity contribution < 1.29 is 109 Å². The maximum absolute atomic E-state index is 9.80. The van der Waals surface area contributed by atoms with Gasteiger partial charge in [0, 0.05) is 185 Å². The maximum atomic E-state index is 9.80. The van der Waals surface area contributed by atoms with Crippen LogP contribution < -0.4 is 0 Å². The van der Waals surface area contributed by atoms with E-state index in [0.29, 0.717) is 29.5 Å². The van der Waals surface area contributed by atoms with Gasteiger partial charge >= 0.3 is 0 Å². The first kappa shape index (κ1) is 71.2. The third-order valence-corrected chi connectivity index (χ3v) is 12.6. The number of nitrogens with zero attached hydrogens (tertiary/aromatic N) is 22. The fourth-order valence-corrected chi connectivity index (χ4v) is 8.57. The van der Waals surface area contributed by atoms with Gasteiger partial charge in [-0.15, -0.1) is 23.6 Å². The number of fused-ring (bicyclic) bond motifs is 1. The number of nitriles is 1. The Morgan fingerprint density at radius 2 is 1.36 bits per heavy atom. The summed E-state index contributed by atoms with van der Waals surface area (Å²) < 4.78 is 18.5. The van der Waals surface area contributed by atoms with E-state index in [-0.39, 0.29) is 106 Å². The van der Waals surface area contributed by atoms with E-state index in [9.17, 15) is 5.11 Å². The van der Waals surface area contributed by atoms with Crippen molar-refractivity contribution >= 4 is 22.2 Å². The van der Waals surface area contributed by atoms with Gasteiger partial charge in [-0.1, -0.05) is 95.0 Å². The molecule has 0 saturated carbocycles. The summed E-state index contributed by atoms with van der Waals surface area (Å²) in [5.74, 6) is 2.95. The molecular formula is C56H54Ir4N22O2RhS-4. The van der Waals surface area contributed by atoms with Gasteiger partial charge in [0.05, 0.1) is 42.0 Å². The molecule has 0 unspecified atom stereocenters. The zero-order chi connectivity index (χ0) is 56.5. The number of imidazole rings is 2. The van der Waals surface area contributed by atoms with Crippen molar-refractivity contribution in [1.29, 1.82) is 5.26 Å². The topological polar surface area (TPSA) is 264 Å². The Labute approximate surface area is 566 Å².